The molecular formula is C11H15N5O2. The van der Waals surface area contributed by atoms with Crippen molar-refractivity contribution in [3.8, 4) is 6.07 Å². The molecule has 0 atom stereocenters. The van der Waals surface area contributed by atoms with Crippen LogP contribution >= 0.6 is 0 Å². The van der Waals surface area contributed by atoms with Gasteiger partial charge in [-0.1, -0.05) is 0 Å². The lowest BCUT2D eigenvalue weighted by Crippen LogP contribution is -2.10. The number of methoxy groups -OCH3 is 1. The van der Waals surface area contributed by atoms with E-state index in [4.69, 9.17) is 15.7 Å². The summed E-state index contributed by atoms with van der Waals surface area (Å²) in [5, 5.41) is 15.9. The van der Waals surface area contributed by atoms with Crippen LogP contribution in [0.2, 0.25) is 0 Å². The maximum absolute atomic E-state index is 11.7. The molecule has 7 nitrogen and oxygen atoms in total. The van der Waals surface area contributed by atoms with E-state index < -0.39 is 5.97 Å². The molecule has 0 bridgehead atoms. The van der Waals surface area contributed by atoms with Crippen molar-refractivity contribution in [2.24, 2.45) is 0 Å². The Morgan fingerprint density at radius 1 is 1.72 bits per heavy atom. The summed E-state index contributed by atoms with van der Waals surface area (Å²) in [5.41, 5.74) is 6.12. The van der Waals surface area contributed by atoms with Gasteiger partial charge in [-0.05, 0) is 12.8 Å². The highest BCUT2D eigenvalue weighted by Gasteiger charge is 2.28. The first-order chi connectivity index (χ1) is 8.67. The molecule has 1 aromatic rings. The molecule has 1 aliphatic carbocycles. The first kappa shape index (κ1) is 12.2. The molecule has 1 aliphatic rings. The molecule has 0 amide bonds. The van der Waals surface area contributed by atoms with E-state index >= 15 is 0 Å². The van der Waals surface area contributed by atoms with Crippen molar-refractivity contribution in [1.82, 2.24) is 9.78 Å². The number of hydrogen-bond acceptors (Lipinski definition) is 6. The van der Waals surface area contributed by atoms with E-state index in [0.29, 0.717) is 18.4 Å². The van der Waals surface area contributed by atoms with Crippen molar-refractivity contribution < 1.29 is 9.53 Å². The summed E-state index contributed by atoms with van der Waals surface area (Å²) in [6.07, 6.45) is 2.41. The first-order valence-electron chi connectivity index (χ1n) is 5.75. The highest BCUT2D eigenvalue weighted by atomic mass is 16.5. The first-order valence-corrected chi connectivity index (χ1v) is 5.75. The average molecular weight is 249 g/mol. The van der Waals surface area contributed by atoms with E-state index in [2.05, 4.69) is 10.4 Å². The number of nitrogen functional groups attached to an aromatic ring is 1. The zero-order valence-corrected chi connectivity index (χ0v) is 10.1. The number of nitrogens with two attached hydrogens (primary N) is 1. The normalized spacial score (nSPS) is 14.0. The second kappa shape index (κ2) is 4.96. The Labute approximate surface area is 105 Å². The highest BCUT2D eigenvalue weighted by molar-refractivity contribution is 5.99. The van der Waals surface area contributed by atoms with E-state index in [1.165, 1.54) is 11.8 Å². The minimum atomic E-state index is -0.515. The summed E-state index contributed by atoms with van der Waals surface area (Å²) < 4.78 is 6.16. The third kappa shape index (κ3) is 2.37. The van der Waals surface area contributed by atoms with Crippen molar-refractivity contribution in [1.29, 1.82) is 5.26 Å². The second-order valence-electron chi connectivity index (χ2n) is 4.15. The van der Waals surface area contributed by atoms with E-state index in [1.807, 2.05) is 6.07 Å². The topological polar surface area (TPSA) is 106 Å². The molecule has 0 unspecified atom stereocenters. The van der Waals surface area contributed by atoms with Gasteiger partial charge in [-0.25, -0.2) is 9.48 Å². The number of nitrogens with one attached hydrogen (secondary N) is 1. The minimum Gasteiger partial charge on any atom is -0.465 e. The largest absolute Gasteiger partial charge is 0.465 e. The number of anilines is 2. The standard InChI is InChI=1S/C11H15N5O2/c1-18-11(17)8-9(13)16(6-2-5-12)15-10(8)14-7-3-4-7/h7H,2-4,6,13H2,1H3,(H,14,15). The summed E-state index contributed by atoms with van der Waals surface area (Å²) >= 11 is 0. The Kier molecular flexibility index (Phi) is 3.37. The predicted octanol–water partition coefficient (Wildman–Crippen LogP) is 0.740. The summed E-state index contributed by atoms with van der Waals surface area (Å²) in [6, 6.07) is 2.37. The molecule has 3 N–H and O–H groups in total. The van der Waals surface area contributed by atoms with Crippen molar-refractivity contribution in [2.45, 2.75) is 31.8 Å². The number of rotatable bonds is 5. The summed E-state index contributed by atoms with van der Waals surface area (Å²) in [4.78, 5) is 11.7. The van der Waals surface area contributed by atoms with Gasteiger partial charge in [0.25, 0.3) is 0 Å². The zero-order chi connectivity index (χ0) is 13.1. The van der Waals surface area contributed by atoms with Gasteiger partial charge >= 0.3 is 5.97 Å². The Hall–Kier alpha value is -2.23. The Balaban J connectivity index is 2.29. The fourth-order valence-corrected chi connectivity index (χ4v) is 1.63. The quantitative estimate of drug-likeness (QED) is 0.745. The molecule has 96 valence electrons. The van der Waals surface area contributed by atoms with E-state index in [0.717, 1.165) is 12.8 Å². The monoisotopic (exact) mass is 249 g/mol. The molecule has 1 aromatic heterocycles. The van der Waals surface area contributed by atoms with Gasteiger partial charge in [-0.3, -0.25) is 0 Å². The molecule has 0 aliphatic heterocycles. The number of ether oxygens (including phenoxy) is 1. The van der Waals surface area contributed by atoms with Gasteiger partial charge in [0, 0.05) is 6.04 Å². The molecule has 18 heavy (non-hydrogen) atoms. The van der Waals surface area contributed by atoms with Gasteiger partial charge in [0.05, 0.1) is 26.1 Å². The van der Waals surface area contributed by atoms with Crippen LogP contribution in [0.25, 0.3) is 0 Å². The van der Waals surface area contributed by atoms with Crippen molar-refractivity contribution in [2.75, 3.05) is 18.2 Å². The fourth-order valence-electron chi connectivity index (χ4n) is 1.63. The third-order valence-electron chi connectivity index (χ3n) is 2.73. The zero-order valence-electron chi connectivity index (χ0n) is 10.1. The second-order valence-corrected chi connectivity index (χ2v) is 4.15. The van der Waals surface area contributed by atoms with Gasteiger partial charge in [0.2, 0.25) is 0 Å². The number of nitriles is 1. The summed E-state index contributed by atoms with van der Waals surface area (Å²) in [6.45, 7) is 0.360. The van der Waals surface area contributed by atoms with Crippen LogP contribution in [0, 0.1) is 11.3 Å². The van der Waals surface area contributed by atoms with Crippen molar-refractivity contribution in [3.63, 3.8) is 0 Å². The number of aryl methyl sites for hydroxylation is 1. The van der Waals surface area contributed by atoms with Crippen LogP contribution in [0.15, 0.2) is 0 Å². The van der Waals surface area contributed by atoms with Gasteiger partial charge in [0.15, 0.2) is 5.82 Å². The molecular weight excluding hydrogens is 234 g/mol. The smallest absolute Gasteiger partial charge is 0.345 e. The number of nitrogens with zero attached hydrogens (tertiary/aromatic N) is 3. The maximum Gasteiger partial charge on any atom is 0.345 e. The maximum atomic E-state index is 11.7. The number of carbonyl (C=O) groups excluding carboxylic acids is 1. The molecule has 7 heteroatoms. The Bertz CT molecular complexity index is 498. The van der Waals surface area contributed by atoms with Crippen LogP contribution in [0.3, 0.4) is 0 Å². The number of aromatic nitrogens is 2. The molecule has 2 rings (SSSR count). The lowest BCUT2D eigenvalue weighted by Gasteiger charge is -2.02. The lowest BCUT2D eigenvalue weighted by molar-refractivity contribution is 0.0603. The number of carbonyl (C=O) groups is 1. The van der Waals surface area contributed by atoms with Gasteiger partial charge < -0.3 is 15.8 Å². The van der Waals surface area contributed by atoms with Crippen LogP contribution in [-0.4, -0.2) is 28.9 Å². The van der Waals surface area contributed by atoms with Gasteiger partial charge in [-0.15, -0.1) is 0 Å². The van der Waals surface area contributed by atoms with Crippen LogP contribution in [0.1, 0.15) is 29.6 Å². The minimum absolute atomic E-state index is 0.236. The van der Waals surface area contributed by atoms with Crippen molar-refractivity contribution in [3.05, 3.63) is 5.56 Å². The fraction of sp³-hybridized carbons (Fsp3) is 0.545. The Morgan fingerprint density at radius 3 is 3.00 bits per heavy atom. The average Bonchev–Trinajstić information content (AvgIpc) is 3.11. The molecule has 0 aromatic carbocycles. The number of esters is 1. The summed E-state index contributed by atoms with van der Waals surface area (Å²) in [5.74, 6) is 0.166. The SMILES string of the molecule is COC(=O)c1c(NC2CC2)nn(CCC#N)c1N. The molecule has 0 radical (unpaired) electrons. The molecule has 0 saturated heterocycles. The molecule has 1 saturated carbocycles. The van der Waals surface area contributed by atoms with Crippen LogP contribution in [0.4, 0.5) is 11.6 Å². The van der Waals surface area contributed by atoms with Gasteiger partial charge in [-0.2, -0.15) is 10.4 Å². The number of hydrogen-bond donors (Lipinski definition) is 2. The highest BCUT2D eigenvalue weighted by Crippen LogP contribution is 2.29. The predicted molar refractivity (Wildman–Crippen MR) is 64.9 cm³/mol. The van der Waals surface area contributed by atoms with Crippen LogP contribution < -0.4 is 11.1 Å². The van der Waals surface area contributed by atoms with Gasteiger partial charge in [0.1, 0.15) is 11.4 Å². The lowest BCUT2D eigenvalue weighted by atomic mass is 10.3. The van der Waals surface area contributed by atoms with E-state index in [1.54, 1.807) is 0 Å². The third-order valence-corrected chi connectivity index (χ3v) is 2.73. The Morgan fingerprint density at radius 2 is 2.44 bits per heavy atom. The summed E-state index contributed by atoms with van der Waals surface area (Å²) in [7, 11) is 1.30. The van der Waals surface area contributed by atoms with Crippen molar-refractivity contribution >= 4 is 17.6 Å². The van der Waals surface area contributed by atoms with Crippen LogP contribution in [0.5, 0.6) is 0 Å². The van der Waals surface area contributed by atoms with Crippen LogP contribution in [-0.2, 0) is 11.3 Å². The van der Waals surface area contributed by atoms with E-state index in [-0.39, 0.29) is 17.8 Å². The molecule has 0 spiro atoms. The molecule has 1 fully saturated rings. The van der Waals surface area contributed by atoms with E-state index in [9.17, 15) is 4.79 Å². The molecule has 1 heterocycles.